The van der Waals surface area contributed by atoms with Gasteiger partial charge in [0.25, 0.3) is 5.91 Å². The Bertz CT molecular complexity index is 1530. The van der Waals surface area contributed by atoms with E-state index >= 15 is 0 Å². The summed E-state index contributed by atoms with van der Waals surface area (Å²) in [5.41, 5.74) is -1.13. The SMILES string of the molecule is CN(C(=O)c1ccccc1C(F)(F)F)C1CCN(c2nnc(-c3ccc(C(F)(F)F)cc3)c3ccccc23)CC1.Cl. The molecular formula is C29H25ClF6N4O. The normalized spacial score (nSPS) is 14.6. The van der Waals surface area contributed by atoms with Crippen LogP contribution in [0.2, 0.25) is 0 Å². The second-order valence-electron chi connectivity index (χ2n) is 9.67. The van der Waals surface area contributed by atoms with E-state index < -0.39 is 29.4 Å². The Hall–Kier alpha value is -3.86. The standard InChI is InChI=1S/C29H24F6N4O.ClH/c1-38(27(40)23-8-4-5-9-24(23)29(33,34)35)20-14-16-39(17-15-20)26-22-7-3-2-6-21(22)25(36-37-26)18-10-12-19(13-11-18)28(30,31)32;/h2-13,20H,14-17H2,1H3;1H. The molecule has 0 unspecified atom stereocenters. The molecule has 1 amide bonds. The summed E-state index contributed by atoms with van der Waals surface area (Å²) < 4.78 is 79.4. The van der Waals surface area contributed by atoms with Crippen molar-refractivity contribution >= 4 is 34.9 Å². The maximum atomic E-state index is 13.4. The molecule has 0 N–H and O–H groups in total. The lowest BCUT2D eigenvalue weighted by Gasteiger charge is -2.37. The molecule has 0 atom stereocenters. The number of carbonyl (C=O) groups excluding carboxylic acids is 1. The highest BCUT2D eigenvalue weighted by molar-refractivity contribution is 6.00. The Labute approximate surface area is 238 Å². The summed E-state index contributed by atoms with van der Waals surface area (Å²) in [5, 5.41) is 10.3. The first-order chi connectivity index (χ1) is 18.9. The zero-order chi connectivity index (χ0) is 28.7. The van der Waals surface area contributed by atoms with E-state index in [9.17, 15) is 31.1 Å². The van der Waals surface area contributed by atoms with Gasteiger partial charge in [-0.1, -0.05) is 48.5 Å². The first kappa shape index (κ1) is 30.1. The number of carbonyl (C=O) groups is 1. The van der Waals surface area contributed by atoms with Crippen LogP contribution in [0.4, 0.5) is 32.2 Å². The molecule has 0 saturated carbocycles. The fourth-order valence-corrected chi connectivity index (χ4v) is 5.09. The predicted octanol–water partition coefficient (Wildman–Crippen LogP) is 7.50. The Morgan fingerprint density at radius 2 is 1.39 bits per heavy atom. The lowest BCUT2D eigenvalue weighted by Crippen LogP contribution is -2.46. The molecule has 5 nitrogen and oxygen atoms in total. The first-order valence-electron chi connectivity index (χ1n) is 12.6. The number of hydrogen-bond acceptors (Lipinski definition) is 4. The molecule has 1 saturated heterocycles. The molecule has 1 aliphatic rings. The molecule has 0 bridgehead atoms. The third-order valence-corrected chi connectivity index (χ3v) is 7.25. The molecule has 1 aliphatic heterocycles. The fourth-order valence-electron chi connectivity index (χ4n) is 5.09. The third kappa shape index (κ3) is 6.09. The van der Waals surface area contributed by atoms with Crippen LogP contribution in [0.15, 0.2) is 72.8 Å². The average Bonchev–Trinajstić information content (AvgIpc) is 2.95. The molecular weight excluding hydrogens is 570 g/mol. The van der Waals surface area contributed by atoms with Crippen LogP contribution in [0.1, 0.15) is 34.3 Å². The highest BCUT2D eigenvalue weighted by atomic mass is 35.5. The summed E-state index contributed by atoms with van der Waals surface area (Å²) >= 11 is 0. The summed E-state index contributed by atoms with van der Waals surface area (Å²) in [7, 11) is 1.52. The van der Waals surface area contributed by atoms with Crippen LogP contribution in [-0.2, 0) is 12.4 Å². The highest BCUT2D eigenvalue weighted by Gasteiger charge is 2.37. The van der Waals surface area contributed by atoms with Crippen LogP contribution in [0.5, 0.6) is 0 Å². The second kappa shape index (κ2) is 11.6. The minimum Gasteiger partial charge on any atom is -0.354 e. The van der Waals surface area contributed by atoms with Crippen molar-refractivity contribution < 1.29 is 31.1 Å². The second-order valence-corrected chi connectivity index (χ2v) is 9.67. The molecule has 4 aromatic rings. The van der Waals surface area contributed by atoms with Crippen molar-refractivity contribution in [3.8, 4) is 11.3 Å². The zero-order valence-electron chi connectivity index (χ0n) is 21.7. The molecule has 1 aromatic heterocycles. The molecule has 1 fully saturated rings. The Balaban J connectivity index is 0.00000387. The van der Waals surface area contributed by atoms with E-state index in [0.717, 1.165) is 29.0 Å². The number of piperidine rings is 1. The summed E-state index contributed by atoms with van der Waals surface area (Å²) in [6.45, 7) is 0.975. The summed E-state index contributed by atoms with van der Waals surface area (Å²) in [5.74, 6) is -0.0846. The monoisotopic (exact) mass is 594 g/mol. The van der Waals surface area contributed by atoms with Gasteiger partial charge >= 0.3 is 12.4 Å². The van der Waals surface area contributed by atoms with Crippen molar-refractivity contribution in [3.63, 3.8) is 0 Å². The summed E-state index contributed by atoms with van der Waals surface area (Å²) in [6.07, 6.45) is -8.06. The van der Waals surface area contributed by atoms with Gasteiger partial charge in [-0.25, -0.2) is 0 Å². The maximum Gasteiger partial charge on any atom is 0.417 e. The van der Waals surface area contributed by atoms with Gasteiger partial charge in [0.05, 0.1) is 16.7 Å². The lowest BCUT2D eigenvalue weighted by molar-refractivity contribution is -0.138. The van der Waals surface area contributed by atoms with E-state index in [0.29, 0.717) is 43.0 Å². The number of nitrogens with zero attached hydrogens (tertiary/aromatic N) is 4. The fraction of sp³-hybridized carbons (Fsp3) is 0.276. The molecule has 0 spiro atoms. The van der Waals surface area contributed by atoms with Gasteiger partial charge in [0.1, 0.15) is 5.69 Å². The topological polar surface area (TPSA) is 49.3 Å². The molecule has 3 aromatic carbocycles. The number of fused-ring (bicyclic) bond motifs is 1. The Morgan fingerprint density at radius 3 is 2.00 bits per heavy atom. The van der Waals surface area contributed by atoms with Crippen LogP contribution in [0, 0.1) is 0 Å². The molecule has 2 heterocycles. The van der Waals surface area contributed by atoms with Crippen molar-refractivity contribution in [2.75, 3.05) is 25.0 Å². The van der Waals surface area contributed by atoms with Crippen molar-refractivity contribution in [2.45, 2.75) is 31.2 Å². The number of anilines is 1. The molecule has 0 radical (unpaired) electrons. The molecule has 12 heteroatoms. The largest absolute Gasteiger partial charge is 0.417 e. The molecule has 216 valence electrons. The van der Waals surface area contributed by atoms with Crippen LogP contribution >= 0.6 is 12.4 Å². The van der Waals surface area contributed by atoms with Crippen LogP contribution in [0.25, 0.3) is 22.0 Å². The van der Waals surface area contributed by atoms with E-state index in [1.165, 1.54) is 42.3 Å². The maximum absolute atomic E-state index is 13.4. The lowest BCUT2D eigenvalue weighted by atomic mass is 9.99. The van der Waals surface area contributed by atoms with Crippen molar-refractivity contribution in [2.24, 2.45) is 0 Å². The van der Waals surface area contributed by atoms with Gasteiger partial charge in [-0.05, 0) is 37.1 Å². The van der Waals surface area contributed by atoms with E-state index in [4.69, 9.17) is 0 Å². The number of rotatable bonds is 4. The van der Waals surface area contributed by atoms with Gasteiger partial charge in [0.2, 0.25) is 0 Å². The van der Waals surface area contributed by atoms with E-state index in [1.54, 1.807) is 0 Å². The van der Waals surface area contributed by atoms with Crippen LogP contribution in [-0.4, -0.2) is 47.2 Å². The number of amides is 1. The molecule has 0 aliphatic carbocycles. The number of hydrogen-bond donors (Lipinski definition) is 0. The van der Waals surface area contributed by atoms with E-state index in [1.807, 2.05) is 29.2 Å². The number of aromatic nitrogens is 2. The highest BCUT2D eigenvalue weighted by Crippen LogP contribution is 2.36. The third-order valence-electron chi connectivity index (χ3n) is 7.25. The van der Waals surface area contributed by atoms with Gasteiger partial charge in [-0.2, -0.15) is 26.3 Å². The van der Waals surface area contributed by atoms with Crippen molar-refractivity contribution in [3.05, 3.63) is 89.5 Å². The number of alkyl halides is 6. The van der Waals surface area contributed by atoms with Crippen molar-refractivity contribution in [1.29, 1.82) is 0 Å². The summed E-state index contributed by atoms with van der Waals surface area (Å²) in [6, 6.07) is 16.6. The zero-order valence-corrected chi connectivity index (χ0v) is 22.5. The summed E-state index contributed by atoms with van der Waals surface area (Å²) in [4.78, 5) is 16.4. The van der Waals surface area contributed by atoms with Gasteiger partial charge in [0.15, 0.2) is 5.82 Å². The smallest absolute Gasteiger partial charge is 0.354 e. The van der Waals surface area contributed by atoms with Crippen LogP contribution in [0.3, 0.4) is 0 Å². The number of halogens is 7. The van der Waals surface area contributed by atoms with Gasteiger partial charge < -0.3 is 9.80 Å². The van der Waals surface area contributed by atoms with Crippen LogP contribution < -0.4 is 4.90 Å². The first-order valence-corrected chi connectivity index (χ1v) is 12.6. The Kier molecular flexibility index (Phi) is 8.49. The van der Waals surface area contributed by atoms with Crippen molar-refractivity contribution in [1.82, 2.24) is 15.1 Å². The van der Waals surface area contributed by atoms with E-state index in [-0.39, 0.29) is 24.0 Å². The predicted molar refractivity (Wildman–Crippen MR) is 146 cm³/mol. The average molecular weight is 595 g/mol. The molecule has 41 heavy (non-hydrogen) atoms. The number of benzene rings is 3. The van der Waals surface area contributed by atoms with Gasteiger partial charge in [-0.15, -0.1) is 22.6 Å². The minimum atomic E-state index is -4.64. The van der Waals surface area contributed by atoms with Gasteiger partial charge in [0, 0.05) is 42.5 Å². The minimum absolute atomic E-state index is 0. The molecule has 5 rings (SSSR count). The van der Waals surface area contributed by atoms with E-state index in [2.05, 4.69) is 10.2 Å². The van der Waals surface area contributed by atoms with Gasteiger partial charge in [-0.3, -0.25) is 4.79 Å². The Morgan fingerprint density at radius 1 is 0.805 bits per heavy atom. The quantitative estimate of drug-likeness (QED) is 0.230.